The third-order valence-electron chi connectivity index (χ3n) is 5.10. The summed E-state index contributed by atoms with van der Waals surface area (Å²) in [6, 6.07) is 4.56. The number of amides is 1. The van der Waals surface area contributed by atoms with E-state index in [1.165, 1.54) is 13.0 Å². The van der Waals surface area contributed by atoms with Gasteiger partial charge in [0.25, 0.3) is 0 Å². The molecule has 6 nitrogen and oxygen atoms in total. The van der Waals surface area contributed by atoms with Gasteiger partial charge in [-0.1, -0.05) is 5.16 Å². The maximum atomic E-state index is 14.3. The lowest BCUT2D eigenvalue weighted by molar-refractivity contribution is -0.131. The minimum absolute atomic E-state index is 0.0852. The van der Waals surface area contributed by atoms with E-state index in [1.807, 2.05) is 23.6 Å². The Bertz CT molecular complexity index is 835. The van der Waals surface area contributed by atoms with Crippen LogP contribution in [0.15, 0.2) is 22.7 Å². The van der Waals surface area contributed by atoms with Gasteiger partial charge in [0, 0.05) is 43.7 Å². The van der Waals surface area contributed by atoms with E-state index in [1.54, 1.807) is 12.1 Å². The lowest BCUT2D eigenvalue weighted by Crippen LogP contribution is -2.49. The number of nitrogens with zero attached hydrogens (tertiary/aromatic N) is 3. The zero-order valence-corrected chi connectivity index (χ0v) is 15.9. The van der Waals surface area contributed by atoms with E-state index in [4.69, 9.17) is 4.52 Å². The molecule has 1 aliphatic heterocycles. The minimum Gasteiger partial charge on any atom is -0.366 e. The summed E-state index contributed by atoms with van der Waals surface area (Å²) in [7, 11) is 0. The Balaban J connectivity index is 1.55. The van der Waals surface area contributed by atoms with E-state index in [-0.39, 0.29) is 11.7 Å². The number of carbonyl (C=O) groups is 2. The number of aryl methyl sites for hydroxylation is 2. The SMILES string of the molecule is CC(=O)c1ccc(N2CCN(C(=O)CCc3c(C)noc3C)CC2)c(F)c1. The Morgan fingerprint density at radius 3 is 2.44 bits per heavy atom. The van der Waals surface area contributed by atoms with Crippen LogP contribution in [-0.2, 0) is 11.2 Å². The van der Waals surface area contributed by atoms with Gasteiger partial charge in [-0.15, -0.1) is 0 Å². The monoisotopic (exact) mass is 373 g/mol. The molecule has 0 aliphatic carbocycles. The van der Waals surface area contributed by atoms with Crippen LogP contribution >= 0.6 is 0 Å². The summed E-state index contributed by atoms with van der Waals surface area (Å²) >= 11 is 0. The van der Waals surface area contributed by atoms with Gasteiger partial charge in [0.2, 0.25) is 5.91 Å². The molecule has 3 rings (SSSR count). The Hall–Kier alpha value is -2.70. The van der Waals surface area contributed by atoms with E-state index in [0.29, 0.717) is 50.3 Å². The van der Waals surface area contributed by atoms with Gasteiger partial charge in [0.15, 0.2) is 5.78 Å². The van der Waals surface area contributed by atoms with Crippen LogP contribution < -0.4 is 4.90 Å². The summed E-state index contributed by atoms with van der Waals surface area (Å²) in [5, 5.41) is 3.91. The minimum atomic E-state index is -0.402. The molecule has 144 valence electrons. The normalized spacial score (nSPS) is 14.5. The van der Waals surface area contributed by atoms with Crippen LogP contribution in [0.4, 0.5) is 10.1 Å². The number of Topliss-reactive ketones (excluding diaryl/α,β-unsaturated/α-hetero) is 1. The number of anilines is 1. The molecule has 0 bridgehead atoms. The second kappa shape index (κ2) is 7.90. The van der Waals surface area contributed by atoms with Gasteiger partial charge in [-0.3, -0.25) is 9.59 Å². The highest BCUT2D eigenvalue weighted by atomic mass is 19.1. The molecule has 0 spiro atoms. The summed E-state index contributed by atoms with van der Waals surface area (Å²) in [5.74, 6) is 0.284. The lowest BCUT2D eigenvalue weighted by Gasteiger charge is -2.36. The topological polar surface area (TPSA) is 66.7 Å². The second-order valence-electron chi connectivity index (χ2n) is 6.89. The van der Waals surface area contributed by atoms with E-state index < -0.39 is 5.82 Å². The molecule has 0 atom stereocenters. The maximum absolute atomic E-state index is 14.3. The number of benzene rings is 1. The molecular weight excluding hydrogens is 349 g/mol. The van der Waals surface area contributed by atoms with Crippen molar-refractivity contribution in [3.05, 3.63) is 46.6 Å². The van der Waals surface area contributed by atoms with Gasteiger partial charge < -0.3 is 14.3 Å². The number of rotatable bonds is 5. The number of aromatic nitrogens is 1. The van der Waals surface area contributed by atoms with Crippen LogP contribution in [0.3, 0.4) is 0 Å². The number of hydrogen-bond donors (Lipinski definition) is 0. The van der Waals surface area contributed by atoms with Crippen molar-refractivity contribution in [1.82, 2.24) is 10.1 Å². The van der Waals surface area contributed by atoms with Gasteiger partial charge in [0.1, 0.15) is 11.6 Å². The first-order chi connectivity index (χ1) is 12.9. The fourth-order valence-electron chi connectivity index (χ4n) is 3.43. The van der Waals surface area contributed by atoms with Gasteiger partial charge in [0.05, 0.1) is 11.4 Å². The van der Waals surface area contributed by atoms with Gasteiger partial charge in [-0.05, 0) is 45.4 Å². The van der Waals surface area contributed by atoms with Crippen LogP contribution in [-0.4, -0.2) is 47.9 Å². The van der Waals surface area contributed by atoms with Crippen molar-refractivity contribution < 1.29 is 18.5 Å². The van der Waals surface area contributed by atoms with Crippen LogP contribution in [0.1, 0.15) is 40.7 Å². The molecule has 1 saturated heterocycles. The number of hydrogen-bond acceptors (Lipinski definition) is 5. The van der Waals surface area contributed by atoms with Crippen LogP contribution in [0.2, 0.25) is 0 Å². The van der Waals surface area contributed by atoms with Crippen molar-refractivity contribution in [3.63, 3.8) is 0 Å². The zero-order chi connectivity index (χ0) is 19.6. The molecule has 1 fully saturated rings. The van der Waals surface area contributed by atoms with E-state index in [2.05, 4.69) is 5.16 Å². The number of carbonyl (C=O) groups excluding carboxylic acids is 2. The Morgan fingerprint density at radius 2 is 1.89 bits per heavy atom. The summed E-state index contributed by atoms with van der Waals surface area (Å²) in [4.78, 5) is 27.6. The van der Waals surface area contributed by atoms with Crippen LogP contribution in [0, 0.1) is 19.7 Å². The van der Waals surface area contributed by atoms with Crippen molar-refractivity contribution in [3.8, 4) is 0 Å². The van der Waals surface area contributed by atoms with Crippen LogP contribution in [0.25, 0.3) is 0 Å². The second-order valence-corrected chi connectivity index (χ2v) is 6.89. The molecule has 1 aromatic heterocycles. The van der Waals surface area contributed by atoms with E-state index in [9.17, 15) is 14.0 Å². The lowest BCUT2D eigenvalue weighted by atomic mass is 10.1. The maximum Gasteiger partial charge on any atom is 0.223 e. The molecule has 0 N–H and O–H groups in total. The van der Waals surface area contributed by atoms with E-state index >= 15 is 0 Å². The number of halogens is 1. The average molecular weight is 373 g/mol. The highest BCUT2D eigenvalue weighted by molar-refractivity contribution is 5.94. The van der Waals surface area contributed by atoms with Crippen molar-refractivity contribution in [2.24, 2.45) is 0 Å². The third-order valence-corrected chi connectivity index (χ3v) is 5.10. The predicted octanol–water partition coefficient (Wildman–Crippen LogP) is 2.91. The third kappa shape index (κ3) is 4.18. The predicted molar refractivity (Wildman–Crippen MR) is 99.5 cm³/mol. The Kier molecular flexibility index (Phi) is 5.58. The van der Waals surface area contributed by atoms with Crippen molar-refractivity contribution in [2.45, 2.75) is 33.6 Å². The fourth-order valence-corrected chi connectivity index (χ4v) is 3.43. The molecule has 0 radical (unpaired) electrons. The molecule has 7 heteroatoms. The molecular formula is C20H24FN3O3. The number of ketones is 1. The molecule has 2 aromatic rings. The molecule has 0 unspecified atom stereocenters. The fraction of sp³-hybridized carbons (Fsp3) is 0.450. The first kappa shape index (κ1) is 19.1. The quantitative estimate of drug-likeness (QED) is 0.754. The molecule has 0 saturated carbocycles. The number of piperazine rings is 1. The van der Waals surface area contributed by atoms with Crippen molar-refractivity contribution in [1.29, 1.82) is 0 Å². The van der Waals surface area contributed by atoms with E-state index in [0.717, 1.165) is 17.0 Å². The smallest absolute Gasteiger partial charge is 0.223 e. The summed E-state index contributed by atoms with van der Waals surface area (Å²) in [6.45, 7) is 7.37. The first-order valence-corrected chi connectivity index (χ1v) is 9.11. The first-order valence-electron chi connectivity index (χ1n) is 9.11. The van der Waals surface area contributed by atoms with Crippen LogP contribution in [0.5, 0.6) is 0 Å². The van der Waals surface area contributed by atoms with Gasteiger partial charge in [-0.25, -0.2) is 4.39 Å². The van der Waals surface area contributed by atoms with Gasteiger partial charge >= 0.3 is 0 Å². The molecule has 1 amide bonds. The summed E-state index contributed by atoms with van der Waals surface area (Å²) in [5.41, 5.74) is 2.66. The van der Waals surface area contributed by atoms with Crippen molar-refractivity contribution >= 4 is 17.4 Å². The Labute approximate surface area is 157 Å². The zero-order valence-electron chi connectivity index (χ0n) is 15.9. The van der Waals surface area contributed by atoms with Crippen molar-refractivity contribution in [2.75, 3.05) is 31.1 Å². The molecule has 1 aliphatic rings. The van der Waals surface area contributed by atoms with Gasteiger partial charge in [-0.2, -0.15) is 0 Å². The Morgan fingerprint density at radius 1 is 1.19 bits per heavy atom. The average Bonchev–Trinajstić information content (AvgIpc) is 2.97. The molecule has 2 heterocycles. The summed E-state index contributed by atoms with van der Waals surface area (Å²) < 4.78 is 19.4. The molecule has 1 aromatic carbocycles. The molecule has 27 heavy (non-hydrogen) atoms. The standard InChI is InChI=1S/C20H24FN3O3/c1-13-17(15(3)27-22-13)5-7-20(26)24-10-8-23(9-11-24)19-6-4-16(14(2)25)12-18(19)21/h4,6,12H,5,7-11H2,1-3H3. The summed E-state index contributed by atoms with van der Waals surface area (Å²) in [6.07, 6.45) is 1.02. The highest BCUT2D eigenvalue weighted by Crippen LogP contribution is 2.23. The highest BCUT2D eigenvalue weighted by Gasteiger charge is 2.23. The largest absolute Gasteiger partial charge is 0.366 e.